The highest BCUT2D eigenvalue weighted by atomic mass is 35.5. The van der Waals surface area contributed by atoms with Crippen LogP contribution in [0.1, 0.15) is 48.9 Å². The van der Waals surface area contributed by atoms with Gasteiger partial charge in [0, 0.05) is 54.4 Å². The van der Waals surface area contributed by atoms with Crippen molar-refractivity contribution in [1.29, 1.82) is 0 Å². The molecule has 0 bridgehead atoms. The van der Waals surface area contributed by atoms with Crippen molar-refractivity contribution >= 4 is 29.5 Å². The van der Waals surface area contributed by atoms with E-state index in [0.29, 0.717) is 32.7 Å². The molecule has 3 N–H and O–H groups in total. The Morgan fingerprint density at radius 2 is 1.97 bits per heavy atom. The van der Waals surface area contributed by atoms with Gasteiger partial charge in [-0.2, -0.15) is 0 Å². The number of aryl methyl sites for hydroxylation is 1. The molecule has 1 unspecified atom stereocenters. The summed E-state index contributed by atoms with van der Waals surface area (Å²) in [7, 11) is 0. The number of benzene rings is 2. The smallest absolute Gasteiger partial charge is 0.220 e. The molecule has 204 valence electrons. The van der Waals surface area contributed by atoms with E-state index in [4.69, 9.17) is 22.1 Å². The first-order valence-corrected chi connectivity index (χ1v) is 14.3. The Hall–Kier alpha value is -2.42. The number of rotatable bonds is 15. The summed E-state index contributed by atoms with van der Waals surface area (Å²) in [6.45, 7) is 9.22. The van der Waals surface area contributed by atoms with Crippen LogP contribution in [0.4, 0.5) is 0 Å². The lowest BCUT2D eigenvalue weighted by atomic mass is 9.98. The molecule has 3 rings (SSSR count). The third-order valence-corrected chi connectivity index (χ3v) is 8.21. The van der Waals surface area contributed by atoms with E-state index < -0.39 is 0 Å². The lowest BCUT2D eigenvalue weighted by Crippen LogP contribution is -2.28. The lowest BCUT2D eigenvalue weighted by molar-refractivity contribution is -0.121. The second-order valence-corrected chi connectivity index (χ2v) is 10.8. The van der Waals surface area contributed by atoms with E-state index in [0.717, 1.165) is 40.4 Å². The van der Waals surface area contributed by atoms with Gasteiger partial charge in [-0.05, 0) is 97.6 Å². The highest BCUT2D eigenvalue weighted by molar-refractivity contribution is 7.97. The summed E-state index contributed by atoms with van der Waals surface area (Å²) in [5.41, 5.74) is 11.3. The highest BCUT2D eigenvalue weighted by Crippen LogP contribution is 2.37. The summed E-state index contributed by atoms with van der Waals surface area (Å²) in [4.78, 5) is 17.6. The maximum Gasteiger partial charge on any atom is 0.220 e. The van der Waals surface area contributed by atoms with Crippen molar-refractivity contribution in [3.63, 3.8) is 0 Å². The van der Waals surface area contributed by atoms with Crippen LogP contribution in [0, 0.1) is 13.8 Å². The first kappa shape index (κ1) is 30.1. The second kappa shape index (κ2) is 15.9. The zero-order valence-electron chi connectivity index (χ0n) is 22.6. The van der Waals surface area contributed by atoms with E-state index in [1.165, 1.54) is 16.7 Å². The van der Waals surface area contributed by atoms with Gasteiger partial charge in [0.05, 0.1) is 13.2 Å². The average Bonchev–Trinajstić information content (AvgIpc) is 2.92. The molecule has 1 heterocycles. The molecular weight excluding hydrogens is 516 g/mol. The fourth-order valence-electron chi connectivity index (χ4n) is 4.15. The number of nitrogens with zero attached hydrogens (tertiary/aromatic N) is 2. The molecule has 0 saturated carbocycles. The number of ether oxygens (including phenoxy) is 1. The zero-order valence-corrected chi connectivity index (χ0v) is 24.2. The van der Waals surface area contributed by atoms with Gasteiger partial charge in [0.1, 0.15) is 0 Å². The first-order valence-electron chi connectivity index (χ1n) is 13.2. The largest absolute Gasteiger partial charge is 0.378 e. The standard InChI is InChI=1S/C30H39ClN4O2S/c1-22-21-33-15-13-27(22)26-9-6-8-25(20-26)24(3)35(38-29-11-7-10-28(31)23(29)2)17-5-4-12-30(36)34-16-19-37-18-14-32/h6-11,13,15,20-21,24H,4-5,12,14,16-19,32H2,1-3H3,(H,34,36). The monoisotopic (exact) mass is 554 g/mol. The fourth-order valence-corrected chi connectivity index (χ4v) is 5.52. The zero-order chi connectivity index (χ0) is 27.3. The number of hydrogen-bond donors (Lipinski definition) is 2. The molecule has 0 aliphatic carbocycles. The summed E-state index contributed by atoms with van der Waals surface area (Å²) < 4.78 is 7.71. The van der Waals surface area contributed by atoms with Crippen molar-refractivity contribution in [2.24, 2.45) is 5.73 Å². The second-order valence-electron chi connectivity index (χ2n) is 9.30. The van der Waals surface area contributed by atoms with Crippen molar-refractivity contribution in [3.8, 4) is 11.1 Å². The van der Waals surface area contributed by atoms with Crippen molar-refractivity contribution in [2.45, 2.75) is 51.0 Å². The topological polar surface area (TPSA) is 80.5 Å². The van der Waals surface area contributed by atoms with Crippen LogP contribution in [0.2, 0.25) is 5.02 Å². The Balaban J connectivity index is 1.68. The molecule has 1 aromatic heterocycles. The molecule has 0 radical (unpaired) electrons. The minimum Gasteiger partial charge on any atom is -0.378 e. The maximum absolute atomic E-state index is 12.2. The number of nitrogens with two attached hydrogens (primary N) is 1. The van der Waals surface area contributed by atoms with E-state index in [2.05, 4.69) is 71.8 Å². The molecule has 0 aliphatic heterocycles. The van der Waals surface area contributed by atoms with Gasteiger partial charge in [-0.3, -0.25) is 9.78 Å². The minimum absolute atomic E-state index is 0.0553. The minimum atomic E-state index is 0.0553. The Bertz CT molecular complexity index is 1180. The van der Waals surface area contributed by atoms with Crippen molar-refractivity contribution < 1.29 is 9.53 Å². The van der Waals surface area contributed by atoms with E-state index >= 15 is 0 Å². The van der Waals surface area contributed by atoms with E-state index in [1.54, 1.807) is 11.9 Å². The van der Waals surface area contributed by atoms with Gasteiger partial charge >= 0.3 is 0 Å². The Morgan fingerprint density at radius 3 is 2.76 bits per heavy atom. The van der Waals surface area contributed by atoms with E-state index in [1.807, 2.05) is 24.5 Å². The number of amides is 1. The fraction of sp³-hybridized carbons (Fsp3) is 0.400. The molecule has 0 spiro atoms. The van der Waals surface area contributed by atoms with Crippen LogP contribution in [0.25, 0.3) is 11.1 Å². The molecule has 6 nitrogen and oxygen atoms in total. The maximum atomic E-state index is 12.2. The predicted octanol–water partition coefficient (Wildman–Crippen LogP) is 6.35. The van der Waals surface area contributed by atoms with Crippen LogP contribution in [0.15, 0.2) is 65.8 Å². The Labute approximate surface area is 236 Å². The van der Waals surface area contributed by atoms with E-state index in [-0.39, 0.29) is 11.9 Å². The number of nitrogens with one attached hydrogen (secondary N) is 1. The van der Waals surface area contributed by atoms with Gasteiger partial charge in [-0.25, -0.2) is 4.31 Å². The van der Waals surface area contributed by atoms with Crippen LogP contribution in [-0.4, -0.2) is 48.0 Å². The highest BCUT2D eigenvalue weighted by Gasteiger charge is 2.19. The normalized spacial score (nSPS) is 12.1. The third kappa shape index (κ3) is 9.10. The Morgan fingerprint density at radius 1 is 1.16 bits per heavy atom. The summed E-state index contributed by atoms with van der Waals surface area (Å²) in [6, 6.07) is 17.0. The number of pyridine rings is 1. The summed E-state index contributed by atoms with van der Waals surface area (Å²) in [6.07, 6.45) is 5.95. The molecule has 0 aliphatic rings. The number of carbonyl (C=O) groups excluding carboxylic acids is 1. The van der Waals surface area contributed by atoms with Crippen molar-refractivity contribution in [3.05, 3.63) is 82.6 Å². The van der Waals surface area contributed by atoms with Crippen LogP contribution >= 0.6 is 23.5 Å². The van der Waals surface area contributed by atoms with Crippen molar-refractivity contribution in [2.75, 3.05) is 32.8 Å². The summed E-state index contributed by atoms with van der Waals surface area (Å²) >= 11 is 8.16. The van der Waals surface area contributed by atoms with Crippen molar-refractivity contribution in [1.82, 2.24) is 14.6 Å². The third-order valence-electron chi connectivity index (χ3n) is 6.43. The molecule has 38 heavy (non-hydrogen) atoms. The molecule has 0 saturated heterocycles. The van der Waals surface area contributed by atoms with Gasteiger partial charge < -0.3 is 15.8 Å². The number of halogens is 1. The molecular formula is C30H39ClN4O2S. The molecule has 1 amide bonds. The van der Waals surface area contributed by atoms with Gasteiger partial charge in [-0.15, -0.1) is 0 Å². The number of unbranched alkanes of at least 4 members (excludes halogenated alkanes) is 1. The van der Waals surface area contributed by atoms with Gasteiger partial charge in [-0.1, -0.05) is 35.9 Å². The SMILES string of the molecule is Cc1cnccc1-c1cccc(C(C)N(CCCCC(=O)NCCOCCN)Sc2cccc(Cl)c2C)c1. The van der Waals surface area contributed by atoms with E-state index in [9.17, 15) is 4.79 Å². The van der Waals surface area contributed by atoms with Crippen LogP contribution < -0.4 is 11.1 Å². The molecule has 8 heteroatoms. The van der Waals surface area contributed by atoms with Crippen LogP contribution in [0.5, 0.6) is 0 Å². The lowest BCUT2D eigenvalue weighted by Gasteiger charge is -2.29. The molecule has 1 atom stereocenters. The van der Waals surface area contributed by atoms with Crippen LogP contribution in [0.3, 0.4) is 0 Å². The Kier molecular flexibility index (Phi) is 12.6. The van der Waals surface area contributed by atoms with Gasteiger partial charge in [0.25, 0.3) is 0 Å². The summed E-state index contributed by atoms with van der Waals surface area (Å²) in [5.74, 6) is 0.0553. The quantitative estimate of drug-likeness (QED) is 0.168. The summed E-state index contributed by atoms with van der Waals surface area (Å²) in [5, 5.41) is 3.68. The molecule has 0 fully saturated rings. The van der Waals surface area contributed by atoms with Gasteiger partial charge in [0.15, 0.2) is 0 Å². The van der Waals surface area contributed by atoms with Gasteiger partial charge in [0.2, 0.25) is 5.91 Å². The van der Waals surface area contributed by atoms with Crippen LogP contribution in [-0.2, 0) is 9.53 Å². The molecule has 2 aromatic carbocycles. The number of aromatic nitrogens is 1. The first-order chi connectivity index (χ1) is 18.4. The average molecular weight is 555 g/mol. The predicted molar refractivity (Wildman–Crippen MR) is 158 cm³/mol. The number of carbonyl (C=O) groups is 1. The number of hydrogen-bond acceptors (Lipinski definition) is 6. The molecule has 3 aromatic rings.